The highest BCUT2D eigenvalue weighted by atomic mass is 16.5. The highest BCUT2D eigenvalue weighted by Gasteiger charge is 2.29. The molecule has 6 heteroatoms. The summed E-state index contributed by atoms with van der Waals surface area (Å²) in [5.41, 5.74) is 3.53. The molecule has 0 unspecified atom stereocenters. The molecule has 2 aromatic rings. The Balaban J connectivity index is 1.48. The number of likely N-dealkylation sites (tertiary alicyclic amines) is 1. The lowest BCUT2D eigenvalue weighted by Gasteiger charge is -2.28. The van der Waals surface area contributed by atoms with E-state index in [9.17, 15) is 0 Å². The van der Waals surface area contributed by atoms with Gasteiger partial charge < -0.3 is 14.0 Å². The number of rotatable bonds is 6. The molecule has 0 saturated carbocycles. The molecule has 1 atom stereocenters. The van der Waals surface area contributed by atoms with E-state index in [4.69, 9.17) is 14.0 Å². The number of hydrogen-bond donors (Lipinski definition) is 0. The van der Waals surface area contributed by atoms with Crippen LogP contribution in [0.1, 0.15) is 41.5 Å². The van der Waals surface area contributed by atoms with Gasteiger partial charge in [0.05, 0.1) is 32.1 Å². The van der Waals surface area contributed by atoms with E-state index in [1.165, 1.54) is 17.5 Å². The fraction of sp³-hybridized carbons (Fsp3) is 0.571. The minimum Gasteiger partial charge on any atom is -0.496 e. The molecule has 3 heterocycles. The zero-order valence-corrected chi connectivity index (χ0v) is 16.3. The number of ether oxygens (including phenoxy) is 2. The van der Waals surface area contributed by atoms with Crippen molar-refractivity contribution < 1.29 is 14.0 Å². The summed E-state index contributed by atoms with van der Waals surface area (Å²) >= 11 is 0. The van der Waals surface area contributed by atoms with Crippen LogP contribution < -0.4 is 4.74 Å². The lowest BCUT2D eigenvalue weighted by Crippen LogP contribution is -2.35. The van der Waals surface area contributed by atoms with Crippen LogP contribution in [-0.2, 0) is 17.8 Å². The second-order valence-electron chi connectivity index (χ2n) is 7.53. The summed E-state index contributed by atoms with van der Waals surface area (Å²) in [5, 5.41) is 4.07. The SMILES string of the molecule is COc1ccc(CN2CCC[C@@H]2c2cc(C)no2)cc1CN1CCOCC1. The Morgan fingerprint density at radius 3 is 2.74 bits per heavy atom. The van der Waals surface area contributed by atoms with Crippen molar-refractivity contribution in [2.75, 3.05) is 40.0 Å². The molecule has 0 N–H and O–H groups in total. The molecule has 0 aliphatic carbocycles. The average molecular weight is 371 g/mol. The molecule has 0 bridgehead atoms. The number of aromatic nitrogens is 1. The lowest BCUT2D eigenvalue weighted by atomic mass is 10.1. The van der Waals surface area contributed by atoms with Crippen LogP contribution >= 0.6 is 0 Å². The molecule has 0 spiro atoms. The quantitative estimate of drug-likeness (QED) is 0.777. The first-order valence-corrected chi connectivity index (χ1v) is 9.86. The molecule has 2 fully saturated rings. The number of aryl methyl sites for hydroxylation is 1. The fourth-order valence-electron chi connectivity index (χ4n) is 4.17. The van der Waals surface area contributed by atoms with Gasteiger partial charge in [0.2, 0.25) is 0 Å². The van der Waals surface area contributed by atoms with Crippen LogP contribution in [0.2, 0.25) is 0 Å². The second-order valence-corrected chi connectivity index (χ2v) is 7.53. The van der Waals surface area contributed by atoms with Gasteiger partial charge in [-0.15, -0.1) is 0 Å². The van der Waals surface area contributed by atoms with Gasteiger partial charge in [0.1, 0.15) is 5.75 Å². The van der Waals surface area contributed by atoms with Crippen molar-refractivity contribution in [3.8, 4) is 5.75 Å². The minimum atomic E-state index is 0.330. The van der Waals surface area contributed by atoms with E-state index in [0.29, 0.717) is 6.04 Å². The molecule has 2 aliphatic heterocycles. The van der Waals surface area contributed by atoms with E-state index in [1.54, 1.807) is 7.11 Å². The smallest absolute Gasteiger partial charge is 0.154 e. The molecule has 0 amide bonds. The topological polar surface area (TPSA) is 51.0 Å². The molecule has 2 aliphatic rings. The highest BCUT2D eigenvalue weighted by Crippen LogP contribution is 2.34. The maximum atomic E-state index is 5.61. The van der Waals surface area contributed by atoms with Crippen LogP contribution in [-0.4, -0.2) is 54.9 Å². The Hall–Kier alpha value is -1.89. The Morgan fingerprint density at radius 2 is 2.00 bits per heavy atom. The zero-order valence-electron chi connectivity index (χ0n) is 16.3. The van der Waals surface area contributed by atoms with E-state index in [-0.39, 0.29) is 0 Å². The normalized spacial score (nSPS) is 21.6. The van der Waals surface area contributed by atoms with Gasteiger partial charge in [-0.25, -0.2) is 0 Å². The fourth-order valence-corrected chi connectivity index (χ4v) is 4.17. The van der Waals surface area contributed by atoms with E-state index >= 15 is 0 Å². The van der Waals surface area contributed by atoms with Crippen LogP contribution in [0.4, 0.5) is 0 Å². The first kappa shape index (κ1) is 18.5. The second kappa shape index (κ2) is 8.42. The van der Waals surface area contributed by atoms with Crippen molar-refractivity contribution in [1.82, 2.24) is 15.0 Å². The summed E-state index contributed by atoms with van der Waals surface area (Å²) in [5.74, 6) is 1.96. The van der Waals surface area contributed by atoms with Crippen LogP contribution in [0.5, 0.6) is 5.75 Å². The standard InChI is InChI=1S/C21H29N3O3/c1-16-12-21(27-22-16)19-4-3-7-24(19)14-17-5-6-20(25-2)18(13-17)15-23-8-10-26-11-9-23/h5-6,12-13,19H,3-4,7-11,14-15H2,1-2H3/t19-/m1/s1. The van der Waals surface area contributed by atoms with Crippen LogP contribution in [0.3, 0.4) is 0 Å². The molecule has 0 radical (unpaired) electrons. The lowest BCUT2D eigenvalue weighted by molar-refractivity contribution is 0.0338. The van der Waals surface area contributed by atoms with Crippen molar-refractivity contribution in [3.63, 3.8) is 0 Å². The first-order chi connectivity index (χ1) is 13.2. The Labute approximate surface area is 161 Å². The van der Waals surface area contributed by atoms with E-state index in [1.807, 2.05) is 6.92 Å². The number of methoxy groups -OCH3 is 1. The van der Waals surface area contributed by atoms with Crippen LogP contribution in [0.25, 0.3) is 0 Å². The number of morpholine rings is 1. The summed E-state index contributed by atoms with van der Waals surface area (Å²) in [6.45, 7) is 8.49. The maximum absolute atomic E-state index is 5.61. The summed E-state index contributed by atoms with van der Waals surface area (Å²) in [6.07, 6.45) is 2.33. The maximum Gasteiger partial charge on any atom is 0.154 e. The van der Waals surface area contributed by atoms with Gasteiger partial charge in [-0.1, -0.05) is 11.2 Å². The van der Waals surface area contributed by atoms with Gasteiger partial charge in [0, 0.05) is 37.8 Å². The molecule has 4 rings (SSSR count). The zero-order chi connectivity index (χ0) is 18.6. The number of hydrogen-bond acceptors (Lipinski definition) is 6. The Bertz CT molecular complexity index is 755. The Morgan fingerprint density at radius 1 is 1.15 bits per heavy atom. The third kappa shape index (κ3) is 4.34. The number of nitrogens with zero attached hydrogens (tertiary/aromatic N) is 3. The highest BCUT2D eigenvalue weighted by molar-refractivity contribution is 5.37. The van der Waals surface area contributed by atoms with Gasteiger partial charge in [0.25, 0.3) is 0 Å². The van der Waals surface area contributed by atoms with Crippen molar-refractivity contribution >= 4 is 0 Å². The summed E-state index contributed by atoms with van der Waals surface area (Å²) in [6, 6.07) is 8.99. The largest absolute Gasteiger partial charge is 0.496 e. The van der Waals surface area contributed by atoms with Crippen LogP contribution in [0, 0.1) is 6.92 Å². The third-order valence-corrected chi connectivity index (χ3v) is 5.57. The predicted molar refractivity (Wildman–Crippen MR) is 103 cm³/mol. The van der Waals surface area contributed by atoms with Gasteiger partial charge >= 0.3 is 0 Å². The van der Waals surface area contributed by atoms with Crippen LogP contribution in [0.15, 0.2) is 28.8 Å². The summed E-state index contributed by atoms with van der Waals surface area (Å²) in [4.78, 5) is 4.93. The molecule has 1 aromatic heterocycles. The molecule has 2 saturated heterocycles. The summed E-state index contributed by atoms with van der Waals surface area (Å²) in [7, 11) is 1.75. The van der Waals surface area contributed by atoms with Gasteiger partial charge in [-0.2, -0.15) is 0 Å². The molecule has 6 nitrogen and oxygen atoms in total. The monoisotopic (exact) mass is 371 g/mol. The van der Waals surface area contributed by atoms with Crippen molar-refractivity contribution in [3.05, 3.63) is 46.8 Å². The predicted octanol–water partition coefficient (Wildman–Crippen LogP) is 3.16. The van der Waals surface area contributed by atoms with Crippen molar-refractivity contribution in [2.24, 2.45) is 0 Å². The van der Waals surface area contributed by atoms with E-state index < -0.39 is 0 Å². The van der Waals surface area contributed by atoms with Crippen molar-refractivity contribution in [2.45, 2.75) is 38.9 Å². The molecular formula is C21H29N3O3. The molecule has 146 valence electrons. The van der Waals surface area contributed by atoms with E-state index in [0.717, 1.165) is 69.6 Å². The van der Waals surface area contributed by atoms with Crippen molar-refractivity contribution in [1.29, 1.82) is 0 Å². The minimum absolute atomic E-state index is 0.330. The van der Waals surface area contributed by atoms with Gasteiger partial charge in [0.15, 0.2) is 5.76 Å². The third-order valence-electron chi connectivity index (χ3n) is 5.57. The summed E-state index contributed by atoms with van der Waals surface area (Å²) < 4.78 is 16.6. The average Bonchev–Trinajstić information content (AvgIpc) is 3.31. The number of benzene rings is 1. The molecule has 1 aromatic carbocycles. The van der Waals surface area contributed by atoms with Gasteiger partial charge in [-0.3, -0.25) is 9.80 Å². The molecular weight excluding hydrogens is 342 g/mol. The first-order valence-electron chi connectivity index (χ1n) is 9.86. The van der Waals surface area contributed by atoms with E-state index in [2.05, 4.69) is 39.2 Å². The molecule has 27 heavy (non-hydrogen) atoms. The Kier molecular flexibility index (Phi) is 5.76. The van der Waals surface area contributed by atoms with Gasteiger partial charge in [-0.05, 0) is 44.0 Å².